The van der Waals surface area contributed by atoms with E-state index >= 15 is 0 Å². The van der Waals surface area contributed by atoms with Gasteiger partial charge in [-0.25, -0.2) is 0 Å². The molecule has 0 fully saturated rings. The molecule has 0 heterocycles. The molecule has 0 bridgehead atoms. The Bertz CT molecular complexity index is 639. The monoisotopic (exact) mass is 322 g/mol. The number of carbonyl (C=O) groups is 1. The predicted molar refractivity (Wildman–Crippen MR) is 82.9 cm³/mol. The van der Waals surface area contributed by atoms with Crippen LogP contribution in [0.25, 0.3) is 0 Å². The molecular weight excluding hydrogens is 305 g/mol. The molecular formula is C17H17F3N2O. The third-order valence-corrected chi connectivity index (χ3v) is 3.36. The Balaban J connectivity index is 1.85. The van der Waals surface area contributed by atoms with Gasteiger partial charge in [0.25, 0.3) is 0 Å². The van der Waals surface area contributed by atoms with Crippen molar-refractivity contribution in [3.63, 3.8) is 0 Å². The van der Waals surface area contributed by atoms with E-state index in [1.54, 1.807) is 0 Å². The average molecular weight is 322 g/mol. The highest BCUT2D eigenvalue weighted by atomic mass is 19.4. The van der Waals surface area contributed by atoms with E-state index in [-0.39, 0.29) is 18.5 Å². The SMILES string of the molecule is CC(NCC(=O)Nc1ccc(C(F)(F)F)cc1)c1ccccc1. The van der Waals surface area contributed by atoms with Crippen molar-refractivity contribution in [2.24, 2.45) is 0 Å². The normalized spacial score (nSPS) is 12.7. The van der Waals surface area contributed by atoms with Crippen LogP contribution in [0.3, 0.4) is 0 Å². The van der Waals surface area contributed by atoms with Crippen LogP contribution in [0, 0.1) is 0 Å². The number of hydrogen-bond donors (Lipinski definition) is 2. The molecule has 0 aromatic heterocycles. The third kappa shape index (κ3) is 5.10. The first kappa shape index (κ1) is 17.0. The maximum atomic E-state index is 12.5. The number of rotatable bonds is 5. The van der Waals surface area contributed by atoms with Gasteiger partial charge in [0.1, 0.15) is 0 Å². The zero-order valence-corrected chi connectivity index (χ0v) is 12.5. The highest BCUT2D eigenvalue weighted by molar-refractivity contribution is 5.92. The Kier molecular flexibility index (Phi) is 5.39. The van der Waals surface area contributed by atoms with Crippen molar-refractivity contribution in [2.75, 3.05) is 11.9 Å². The number of alkyl halides is 3. The number of amides is 1. The van der Waals surface area contributed by atoms with Gasteiger partial charge in [-0.1, -0.05) is 30.3 Å². The lowest BCUT2D eigenvalue weighted by atomic mass is 10.1. The molecule has 0 saturated heterocycles. The Morgan fingerprint density at radius 2 is 1.65 bits per heavy atom. The molecule has 0 aliphatic rings. The van der Waals surface area contributed by atoms with Gasteiger partial charge in [0, 0.05) is 11.7 Å². The number of carbonyl (C=O) groups excluding carboxylic acids is 1. The molecule has 3 nitrogen and oxygen atoms in total. The highest BCUT2D eigenvalue weighted by Crippen LogP contribution is 2.29. The smallest absolute Gasteiger partial charge is 0.325 e. The lowest BCUT2D eigenvalue weighted by Gasteiger charge is -2.14. The predicted octanol–water partition coefficient (Wildman–Crippen LogP) is 3.99. The van der Waals surface area contributed by atoms with E-state index in [9.17, 15) is 18.0 Å². The van der Waals surface area contributed by atoms with Gasteiger partial charge < -0.3 is 10.6 Å². The largest absolute Gasteiger partial charge is 0.416 e. The summed E-state index contributed by atoms with van der Waals surface area (Å²) in [5, 5.41) is 5.62. The minimum atomic E-state index is -4.38. The molecule has 23 heavy (non-hydrogen) atoms. The number of hydrogen-bond acceptors (Lipinski definition) is 2. The zero-order valence-electron chi connectivity index (χ0n) is 12.5. The van der Waals surface area contributed by atoms with Crippen molar-refractivity contribution in [3.05, 3.63) is 65.7 Å². The Morgan fingerprint density at radius 1 is 1.04 bits per heavy atom. The number of halogens is 3. The standard InChI is InChI=1S/C17H17F3N2O/c1-12(13-5-3-2-4-6-13)21-11-16(23)22-15-9-7-14(8-10-15)17(18,19)20/h2-10,12,21H,11H2,1H3,(H,22,23). The molecule has 0 radical (unpaired) electrons. The summed E-state index contributed by atoms with van der Waals surface area (Å²) in [5.74, 6) is -0.312. The van der Waals surface area contributed by atoms with Crippen LogP contribution in [-0.4, -0.2) is 12.5 Å². The molecule has 2 rings (SSSR count). The molecule has 0 saturated carbocycles. The van der Waals surface area contributed by atoms with Gasteiger partial charge in [0.05, 0.1) is 12.1 Å². The zero-order chi connectivity index (χ0) is 16.9. The molecule has 0 spiro atoms. The van der Waals surface area contributed by atoms with Crippen molar-refractivity contribution in [3.8, 4) is 0 Å². The summed E-state index contributed by atoms with van der Waals surface area (Å²) in [4.78, 5) is 11.8. The van der Waals surface area contributed by atoms with E-state index in [0.29, 0.717) is 5.69 Å². The molecule has 1 unspecified atom stereocenters. The highest BCUT2D eigenvalue weighted by Gasteiger charge is 2.29. The lowest BCUT2D eigenvalue weighted by Crippen LogP contribution is -2.30. The second kappa shape index (κ2) is 7.28. The van der Waals surface area contributed by atoms with Crippen molar-refractivity contribution in [1.29, 1.82) is 0 Å². The molecule has 0 aliphatic heterocycles. The maximum Gasteiger partial charge on any atom is 0.416 e. The van der Waals surface area contributed by atoms with Crippen LogP contribution < -0.4 is 10.6 Å². The van der Waals surface area contributed by atoms with Crippen LogP contribution in [0.4, 0.5) is 18.9 Å². The third-order valence-electron chi connectivity index (χ3n) is 3.36. The molecule has 1 atom stereocenters. The minimum absolute atomic E-state index is 0.00504. The van der Waals surface area contributed by atoms with E-state index in [4.69, 9.17) is 0 Å². The van der Waals surface area contributed by atoms with Crippen LogP contribution in [0.2, 0.25) is 0 Å². The van der Waals surface area contributed by atoms with Crippen LogP contribution in [0.15, 0.2) is 54.6 Å². The summed E-state index contributed by atoms with van der Waals surface area (Å²) in [6.07, 6.45) is -4.38. The fourth-order valence-electron chi connectivity index (χ4n) is 2.05. The van der Waals surface area contributed by atoms with E-state index in [2.05, 4.69) is 10.6 Å². The summed E-state index contributed by atoms with van der Waals surface area (Å²) in [7, 11) is 0. The van der Waals surface area contributed by atoms with Crippen molar-refractivity contribution in [2.45, 2.75) is 19.1 Å². The quantitative estimate of drug-likeness (QED) is 0.874. The van der Waals surface area contributed by atoms with Gasteiger partial charge >= 0.3 is 6.18 Å². The molecule has 0 aliphatic carbocycles. The molecule has 6 heteroatoms. The lowest BCUT2D eigenvalue weighted by molar-refractivity contribution is -0.137. The van der Waals surface area contributed by atoms with E-state index < -0.39 is 11.7 Å². The summed E-state index contributed by atoms with van der Waals surface area (Å²) in [5.41, 5.74) is 0.637. The van der Waals surface area contributed by atoms with Crippen LogP contribution in [0.5, 0.6) is 0 Å². The number of benzene rings is 2. The Hall–Kier alpha value is -2.34. The molecule has 122 valence electrons. The van der Waals surface area contributed by atoms with Gasteiger partial charge in [-0.2, -0.15) is 13.2 Å². The van der Waals surface area contributed by atoms with Crippen LogP contribution in [0.1, 0.15) is 24.1 Å². The Morgan fingerprint density at radius 3 is 2.22 bits per heavy atom. The van der Waals surface area contributed by atoms with E-state index in [1.165, 1.54) is 12.1 Å². The number of nitrogens with one attached hydrogen (secondary N) is 2. The van der Waals surface area contributed by atoms with Gasteiger partial charge in [-0.3, -0.25) is 4.79 Å². The van der Waals surface area contributed by atoms with E-state index in [0.717, 1.165) is 17.7 Å². The number of anilines is 1. The van der Waals surface area contributed by atoms with Crippen LogP contribution in [-0.2, 0) is 11.0 Å². The first-order chi connectivity index (χ1) is 10.9. The fraction of sp³-hybridized carbons (Fsp3) is 0.235. The molecule has 2 N–H and O–H groups in total. The topological polar surface area (TPSA) is 41.1 Å². The van der Waals surface area contributed by atoms with Gasteiger partial charge in [0.2, 0.25) is 5.91 Å². The second-order valence-corrected chi connectivity index (χ2v) is 5.14. The molecule has 2 aromatic carbocycles. The van der Waals surface area contributed by atoms with Gasteiger partial charge in [-0.05, 0) is 36.8 Å². The molecule has 2 aromatic rings. The fourth-order valence-corrected chi connectivity index (χ4v) is 2.05. The Labute approximate surface area is 132 Å². The van der Waals surface area contributed by atoms with Gasteiger partial charge in [0.15, 0.2) is 0 Å². The minimum Gasteiger partial charge on any atom is -0.325 e. The van der Waals surface area contributed by atoms with E-state index in [1.807, 2.05) is 37.3 Å². The van der Waals surface area contributed by atoms with Crippen molar-refractivity contribution >= 4 is 11.6 Å². The average Bonchev–Trinajstić information content (AvgIpc) is 2.53. The maximum absolute atomic E-state index is 12.5. The first-order valence-corrected chi connectivity index (χ1v) is 7.11. The van der Waals surface area contributed by atoms with Crippen molar-refractivity contribution < 1.29 is 18.0 Å². The van der Waals surface area contributed by atoms with Crippen molar-refractivity contribution in [1.82, 2.24) is 5.32 Å². The second-order valence-electron chi connectivity index (χ2n) is 5.14. The molecule has 1 amide bonds. The summed E-state index contributed by atoms with van der Waals surface area (Å²) in [6.45, 7) is 2.00. The summed E-state index contributed by atoms with van der Waals surface area (Å²) < 4.78 is 37.4. The van der Waals surface area contributed by atoms with Crippen LogP contribution >= 0.6 is 0 Å². The van der Waals surface area contributed by atoms with Gasteiger partial charge in [-0.15, -0.1) is 0 Å². The first-order valence-electron chi connectivity index (χ1n) is 7.11. The summed E-state index contributed by atoms with van der Waals surface area (Å²) in [6, 6.07) is 14.0. The summed E-state index contributed by atoms with van der Waals surface area (Å²) >= 11 is 0.